The molecule has 15 N–H and O–H groups in total. The molecule has 0 saturated carbocycles. The number of carbonyl (C=O) groups excluding carboxylic acids is 10. The van der Waals surface area contributed by atoms with Crippen LogP contribution in [0, 0.1) is 0 Å². The standard InChI is InChI=1S/C57H76N14O11/c1-3-4-24-46-55(80)64-38(31-71(46)34(2)72)28-48(74)65-44-29-47(73)61-25-14-13-22-41(50(58)75)66-52(77)43(27-37-30-63-40-21-12-11-20-39(37)40)68-51(76)42(23-15-26-62-57(59)60)67-56(81)49(36-18-9-6-10-19-36)70-54(79)45(69-53(44)78)33-82-32-35-16-7-5-8-17-35/h5-12,16-21,30,38,41-46,49,63H,3-4,13-15,22-29,31-33H2,1-2H3,(H2,58,75)(H,61,73)(H,64,80)(H,65,74)(H,66,77)(H,67,81)(H,68,76)(H,69,78)(H,70,79)(H4,59,60,62)/t38-,41-,42-,43-,44-,45-,46-,49?/m0/s1. The number of carbonyl (C=O) groups is 10. The van der Waals surface area contributed by atoms with E-state index in [-0.39, 0.29) is 82.2 Å². The first-order valence-corrected chi connectivity index (χ1v) is 27.6. The van der Waals surface area contributed by atoms with Crippen molar-refractivity contribution in [2.24, 2.45) is 22.2 Å². The topological polar surface area (TPSA) is 386 Å². The molecule has 10 amide bonds. The van der Waals surface area contributed by atoms with Crippen LogP contribution in [0.25, 0.3) is 10.9 Å². The zero-order valence-electron chi connectivity index (χ0n) is 46.2. The summed E-state index contributed by atoms with van der Waals surface area (Å²) in [4.78, 5) is 148. The molecule has 8 atom stereocenters. The Morgan fingerprint density at radius 2 is 1.39 bits per heavy atom. The van der Waals surface area contributed by atoms with E-state index in [1.807, 2.05) is 31.2 Å². The Morgan fingerprint density at radius 1 is 0.720 bits per heavy atom. The number of nitrogens with zero attached hydrogens (tertiary/aromatic N) is 2. The molecule has 0 bridgehead atoms. The predicted octanol–water partition coefficient (Wildman–Crippen LogP) is -0.266. The molecule has 0 aliphatic carbocycles. The summed E-state index contributed by atoms with van der Waals surface area (Å²) in [7, 11) is 0. The molecular weight excluding hydrogens is 1060 g/mol. The third-order valence-corrected chi connectivity index (χ3v) is 14.1. The van der Waals surface area contributed by atoms with Crippen molar-refractivity contribution in [1.82, 2.24) is 52.4 Å². The lowest BCUT2D eigenvalue weighted by molar-refractivity contribution is -0.144. The van der Waals surface area contributed by atoms with Gasteiger partial charge < -0.3 is 74.4 Å². The third kappa shape index (κ3) is 18.9. The van der Waals surface area contributed by atoms with Crippen molar-refractivity contribution >= 4 is 75.9 Å². The number of guanidine groups is 1. The Balaban J connectivity index is 1.34. The summed E-state index contributed by atoms with van der Waals surface area (Å²) in [5.74, 6) is -7.75. The number of hydrogen-bond donors (Lipinski definition) is 12. The number of rotatable bonds is 18. The van der Waals surface area contributed by atoms with Crippen molar-refractivity contribution in [2.75, 3.05) is 26.2 Å². The Morgan fingerprint density at radius 3 is 2.10 bits per heavy atom. The summed E-state index contributed by atoms with van der Waals surface area (Å²) in [6.45, 7) is 2.85. The van der Waals surface area contributed by atoms with Gasteiger partial charge in [0.25, 0.3) is 0 Å². The summed E-state index contributed by atoms with van der Waals surface area (Å²) in [6, 6.07) is 13.9. The van der Waals surface area contributed by atoms with Crippen LogP contribution in [0.2, 0.25) is 0 Å². The number of fused-ring (bicyclic) bond motifs is 1. The summed E-state index contributed by atoms with van der Waals surface area (Å²) in [6.07, 6.45) is 3.05. The Hall–Kier alpha value is -8.87. The van der Waals surface area contributed by atoms with Gasteiger partial charge in [-0.15, -0.1) is 0 Å². The van der Waals surface area contributed by atoms with Gasteiger partial charge in [-0.05, 0) is 61.3 Å². The second kappa shape index (κ2) is 31.2. The number of primary amides is 1. The molecule has 1 unspecified atom stereocenters. The molecule has 1 aromatic heterocycles. The van der Waals surface area contributed by atoms with Gasteiger partial charge >= 0.3 is 0 Å². The smallest absolute Gasteiger partial charge is 0.247 e. The van der Waals surface area contributed by atoms with Gasteiger partial charge in [0, 0.05) is 56.5 Å². The first-order valence-electron chi connectivity index (χ1n) is 27.6. The number of benzene rings is 3. The molecule has 2 fully saturated rings. The maximum atomic E-state index is 14.8. The normalized spacial score (nSPS) is 22.9. The number of aromatic nitrogens is 1. The molecule has 440 valence electrons. The molecule has 3 heterocycles. The third-order valence-electron chi connectivity index (χ3n) is 14.1. The fourth-order valence-electron chi connectivity index (χ4n) is 9.74. The molecule has 2 aliphatic heterocycles. The van der Waals surface area contributed by atoms with E-state index in [4.69, 9.17) is 21.9 Å². The van der Waals surface area contributed by atoms with Crippen molar-refractivity contribution < 1.29 is 52.7 Å². The number of para-hydroxylation sites is 1. The molecule has 3 aromatic carbocycles. The van der Waals surface area contributed by atoms with Crippen molar-refractivity contribution in [1.29, 1.82) is 0 Å². The zero-order valence-corrected chi connectivity index (χ0v) is 46.2. The fraction of sp³-hybridized carbons (Fsp3) is 0.456. The number of nitrogens with one attached hydrogen (secondary N) is 9. The van der Waals surface area contributed by atoms with Crippen molar-refractivity contribution in [3.05, 3.63) is 108 Å². The summed E-state index contributed by atoms with van der Waals surface area (Å²) >= 11 is 0. The Labute approximate surface area is 475 Å². The van der Waals surface area contributed by atoms with Gasteiger partial charge in [-0.3, -0.25) is 52.9 Å². The van der Waals surface area contributed by atoms with E-state index < -0.39 is 121 Å². The van der Waals surface area contributed by atoms with Gasteiger partial charge in [0.05, 0.1) is 25.7 Å². The molecule has 6 rings (SSSR count). The maximum absolute atomic E-state index is 14.8. The van der Waals surface area contributed by atoms with E-state index in [9.17, 15) is 47.9 Å². The largest absolute Gasteiger partial charge is 0.374 e. The lowest BCUT2D eigenvalue weighted by atomic mass is 10.0. The molecule has 2 aliphatic rings. The van der Waals surface area contributed by atoms with Gasteiger partial charge in [0.1, 0.15) is 42.3 Å². The van der Waals surface area contributed by atoms with Crippen LogP contribution < -0.4 is 59.7 Å². The SMILES string of the molecule is CCCC[C@H]1C(=O)N[C@@H](CC(=O)N[C@H]2CC(=O)NCCCC[C@@H](C(N)=O)NC(=O)[C@H](Cc3c[nH]c4ccccc34)NC(=O)[C@H](CCCN=C(N)N)NC(=O)C(c3ccccc3)NC(=O)[C@H](COCc3ccccc3)NC2=O)CN1C(C)=O. The first kappa shape index (κ1) is 62.3. The van der Waals surface area contributed by atoms with Crippen LogP contribution in [0.1, 0.15) is 101 Å². The molecule has 82 heavy (non-hydrogen) atoms. The van der Waals surface area contributed by atoms with Gasteiger partial charge in [-0.25, -0.2) is 0 Å². The van der Waals surface area contributed by atoms with E-state index in [2.05, 4.69) is 52.5 Å². The summed E-state index contributed by atoms with van der Waals surface area (Å²) in [5.41, 5.74) is 19.4. The molecule has 4 aromatic rings. The predicted molar refractivity (Wildman–Crippen MR) is 303 cm³/mol. The number of piperazine rings is 1. The molecule has 0 radical (unpaired) electrons. The molecule has 0 spiro atoms. The van der Waals surface area contributed by atoms with Crippen LogP contribution in [0.4, 0.5) is 0 Å². The Kier molecular flexibility index (Phi) is 23.7. The summed E-state index contributed by atoms with van der Waals surface area (Å²) < 4.78 is 6.00. The van der Waals surface area contributed by atoms with Crippen LogP contribution >= 0.6 is 0 Å². The van der Waals surface area contributed by atoms with Crippen LogP contribution in [0.5, 0.6) is 0 Å². The highest BCUT2D eigenvalue weighted by molar-refractivity contribution is 5.99. The number of ether oxygens (including phenoxy) is 1. The zero-order chi connectivity index (χ0) is 59.1. The van der Waals surface area contributed by atoms with Crippen LogP contribution in [-0.2, 0) is 65.7 Å². The van der Waals surface area contributed by atoms with Crippen LogP contribution in [0.3, 0.4) is 0 Å². The number of unbranched alkanes of at least 4 members (excludes halogenated alkanes) is 1. The number of aromatic amines is 1. The lowest BCUT2D eigenvalue weighted by Crippen LogP contribution is -2.62. The molecule has 25 nitrogen and oxygen atoms in total. The number of H-pyrrole nitrogens is 1. The van der Waals surface area contributed by atoms with E-state index in [0.29, 0.717) is 18.4 Å². The minimum atomic E-state index is -1.64. The van der Waals surface area contributed by atoms with E-state index in [1.165, 1.54) is 11.8 Å². The van der Waals surface area contributed by atoms with E-state index in [1.54, 1.807) is 66.9 Å². The fourth-order valence-corrected chi connectivity index (χ4v) is 9.74. The average Bonchev–Trinajstić information content (AvgIpc) is 3.99. The second-order valence-electron chi connectivity index (χ2n) is 20.4. The minimum Gasteiger partial charge on any atom is -0.374 e. The van der Waals surface area contributed by atoms with E-state index >= 15 is 0 Å². The molecule has 25 heteroatoms. The van der Waals surface area contributed by atoms with Crippen LogP contribution in [-0.4, -0.2) is 143 Å². The second-order valence-corrected chi connectivity index (χ2v) is 20.4. The first-order chi connectivity index (χ1) is 39.4. The highest BCUT2D eigenvalue weighted by Crippen LogP contribution is 2.21. The molecule has 2 saturated heterocycles. The minimum absolute atomic E-state index is 0.00659. The number of aliphatic imine (C=N–C) groups is 1. The highest BCUT2D eigenvalue weighted by atomic mass is 16.5. The van der Waals surface area contributed by atoms with Gasteiger partial charge in [0.15, 0.2) is 5.96 Å². The number of hydrogen-bond acceptors (Lipinski definition) is 12. The Bertz CT molecular complexity index is 2900. The quantitative estimate of drug-likeness (QED) is 0.0348. The molecular formula is C57H76N14O11. The average molecular weight is 1130 g/mol. The number of nitrogens with two attached hydrogens (primary N) is 3. The van der Waals surface area contributed by atoms with Crippen LogP contribution in [0.15, 0.2) is 96.1 Å². The summed E-state index contributed by atoms with van der Waals surface area (Å²) in [5, 5.41) is 22.4. The van der Waals surface area contributed by atoms with Crippen molar-refractivity contribution in [3.8, 4) is 0 Å². The highest BCUT2D eigenvalue weighted by Gasteiger charge is 2.38. The van der Waals surface area contributed by atoms with E-state index in [0.717, 1.165) is 22.9 Å². The number of amides is 10. The van der Waals surface area contributed by atoms with Gasteiger partial charge in [-0.2, -0.15) is 0 Å². The monoisotopic (exact) mass is 1130 g/mol. The van der Waals surface area contributed by atoms with Crippen molar-refractivity contribution in [2.45, 2.75) is 139 Å². The van der Waals surface area contributed by atoms with Crippen molar-refractivity contribution in [3.63, 3.8) is 0 Å². The van der Waals surface area contributed by atoms with Gasteiger partial charge in [-0.1, -0.05) is 98.6 Å². The van der Waals surface area contributed by atoms with Gasteiger partial charge in [0.2, 0.25) is 59.1 Å². The lowest BCUT2D eigenvalue weighted by Gasteiger charge is -2.39. The maximum Gasteiger partial charge on any atom is 0.247 e.